The first-order chi connectivity index (χ1) is 7.97. The molecule has 4 atom stereocenters. The monoisotopic (exact) mass is 236 g/mol. The van der Waals surface area contributed by atoms with E-state index in [-0.39, 0.29) is 23.9 Å². The van der Waals surface area contributed by atoms with Crippen LogP contribution in [0.4, 0.5) is 0 Å². The molecule has 4 unspecified atom stereocenters. The number of allylic oxidation sites excluding steroid dienone is 2. The zero-order valence-electron chi connectivity index (χ0n) is 11.4. The lowest BCUT2D eigenvalue weighted by atomic mass is 9.60. The Labute approximate surface area is 104 Å². The van der Waals surface area contributed by atoms with E-state index in [0.717, 1.165) is 18.3 Å². The number of aliphatic hydroxyl groups excluding tert-OH is 1. The largest absolute Gasteiger partial charge is 0.396 e. The van der Waals surface area contributed by atoms with Gasteiger partial charge in [0.1, 0.15) is 6.29 Å². The summed E-state index contributed by atoms with van der Waals surface area (Å²) >= 11 is 0. The highest BCUT2D eigenvalue weighted by molar-refractivity contribution is 5.77. The van der Waals surface area contributed by atoms with Crippen molar-refractivity contribution in [3.05, 3.63) is 11.1 Å². The number of carbonyl (C=O) groups is 1. The molecular formula is C15H24O2. The number of aliphatic hydroxyl groups is 1. The van der Waals surface area contributed by atoms with E-state index in [0.29, 0.717) is 11.8 Å². The highest BCUT2D eigenvalue weighted by Gasteiger charge is 2.54. The number of fused-ring (bicyclic) bond motifs is 2. The van der Waals surface area contributed by atoms with Gasteiger partial charge in [-0.15, -0.1) is 0 Å². The van der Waals surface area contributed by atoms with E-state index in [1.54, 1.807) is 0 Å². The Balaban J connectivity index is 2.47. The molecule has 0 aromatic heterocycles. The Morgan fingerprint density at radius 2 is 2.18 bits per heavy atom. The summed E-state index contributed by atoms with van der Waals surface area (Å²) in [4.78, 5) is 11.4. The smallest absolute Gasteiger partial charge is 0.146 e. The molecule has 0 spiro atoms. The molecule has 0 aromatic carbocycles. The lowest BCUT2D eigenvalue weighted by molar-refractivity contribution is -0.105. The number of aldehydes is 1. The maximum atomic E-state index is 11.4. The third-order valence-corrected chi connectivity index (χ3v) is 5.54. The summed E-state index contributed by atoms with van der Waals surface area (Å²) in [6.07, 6.45) is 3.35. The van der Waals surface area contributed by atoms with Crippen LogP contribution in [-0.4, -0.2) is 18.0 Å². The van der Waals surface area contributed by atoms with Gasteiger partial charge < -0.3 is 5.11 Å². The lowest BCUT2D eigenvalue weighted by Crippen LogP contribution is -2.40. The second kappa shape index (κ2) is 4.24. The van der Waals surface area contributed by atoms with Gasteiger partial charge in [-0.2, -0.15) is 0 Å². The zero-order chi connectivity index (χ0) is 12.8. The fourth-order valence-electron chi connectivity index (χ4n) is 4.25. The van der Waals surface area contributed by atoms with Crippen molar-refractivity contribution in [3.8, 4) is 0 Å². The highest BCUT2D eigenvalue weighted by atomic mass is 16.3. The number of hydrogen-bond donors (Lipinski definition) is 1. The summed E-state index contributed by atoms with van der Waals surface area (Å²) in [5.41, 5.74) is 2.28. The van der Waals surface area contributed by atoms with Gasteiger partial charge in [-0.05, 0) is 54.4 Å². The Hall–Kier alpha value is -0.630. The van der Waals surface area contributed by atoms with E-state index >= 15 is 0 Å². The normalized spacial score (nSPS) is 41.2. The average Bonchev–Trinajstić information content (AvgIpc) is 2.41. The minimum atomic E-state index is 0.0566. The van der Waals surface area contributed by atoms with E-state index < -0.39 is 0 Å². The molecule has 2 aliphatic carbocycles. The first-order valence-electron chi connectivity index (χ1n) is 6.74. The molecule has 0 saturated heterocycles. The van der Waals surface area contributed by atoms with Crippen LogP contribution in [-0.2, 0) is 4.79 Å². The molecular weight excluding hydrogens is 212 g/mol. The van der Waals surface area contributed by atoms with Gasteiger partial charge in [0.05, 0.1) is 0 Å². The van der Waals surface area contributed by atoms with Crippen LogP contribution >= 0.6 is 0 Å². The Morgan fingerprint density at radius 1 is 1.53 bits per heavy atom. The second-order valence-corrected chi connectivity index (χ2v) is 6.38. The number of carbonyl (C=O) groups excluding carboxylic acids is 1. The zero-order valence-corrected chi connectivity index (χ0v) is 11.4. The SMILES string of the molecule is CC1=C(C=O)C2C(C(C)C)CCC1(C)C2CO. The maximum Gasteiger partial charge on any atom is 0.146 e. The number of hydrogen-bond acceptors (Lipinski definition) is 2. The third kappa shape index (κ3) is 1.61. The van der Waals surface area contributed by atoms with Crippen molar-refractivity contribution in [1.29, 1.82) is 0 Å². The minimum Gasteiger partial charge on any atom is -0.396 e. The van der Waals surface area contributed by atoms with Gasteiger partial charge in [-0.3, -0.25) is 4.79 Å². The van der Waals surface area contributed by atoms with E-state index in [2.05, 4.69) is 27.7 Å². The Bertz CT molecular complexity index is 356. The van der Waals surface area contributed by atoms with Crippen LogP contribution in [0.15, 0.2) is 11.1 Å². The van der Waals surface area contributed by atoms with Crippen molar-refractivity contribution in [1.82, 2.24) is 0 Å². The van der Waals surface area contributed by atoms with Crippen molar-refractivity contribution in [3.63, 3.8) is 0 Å². The predicted octanol–water partition coefficient (Wildman–Crippen LogP) is 2.81. The fraction of sp³-hybridized carbons (Fsp3) is 0.800. The summed E-state index contributed by atoms with van der Waals surface area (Å²) in [6, 6.07) is 0. The standard InChI is InChI=1S/C15H24O2/c1-9(2)11-5-6-15(4)10(3)12(7-16)14(11)13(15)8-17/h7,9,11,13-14,17H,5-6,8H2,1-4H3. The Morgan fingerprint density at radius 3 is 2.65 bits per heavy atom. The summed E-state index contributed by atoms with van der Waals surface area (Å²) in [5, 5.41) is 9.73. The highest BCUT2D eigenvalue weighted by Crippen LogP contribution is 2.60. The molecule has 2 nitrogen and oxygen atoms in total. The van der Waals surface area contributed by atoms with Gasteiger partial charge in [0.2, 0.25) is 0 Å². The van der Waals surface area contributed by atoms with Crippen molar-refractivity contribution < 1.29 is 9.90 Å². The van der Waals surface area contributed by atoms with Crippen LogP contribution in [0, 0.1) is 29.1 Å². The predicted molar refractivity (Wildman–Crippen MR) is 68.5 cm³/mol. The summed E-state index contributed by atoms with van der Waals surface area (Å²) in [5.74, 6) is 1.68. The number of rotatable bonds is 3. The molecule has 17 heavy (non-hydrogen) atoms. The van der Waals surface area contributed by atoms with Gasteiger partial charge in [0, 0.05) is 6.61 Å². The molecule has 1 N–H and O–H groups in total. The first kappa shape index (κ1) is 12.8. The van der Waals surface area contributed by atoms with Crippen LogP contribution in [0.25, 0.3) is 0 Å². The molecule has 1 fully saturated rings. The molecule has 2 rings (SSSR count). The quantitative estimate of drug-likeness (QED) is 0.765. The van der Waals surface area contributed by atoms with Crippen LogP contribution in [0.2, 0.25) is 0 Å². The van der Waals surface area contributed by atoms with Gasteiger partial charge in [0.25, 0.3) is 0 Å². The fourth-order valence-corrected chi connectivity index (χ4v) is 4.25. The molecule has 0 heterocycles. The molecule has 2 heteroatoms. The second-order valence-electron chi connectivity index (χ2n) is 6.38. The van der Waals surface area contributed by atoms with Crippen molar-refractivity contribution >= 4 is 6.29 Å². The lowest BCUT2D eigenvalue weighted by Gasteiger charge is -2.45. The minimum absolute atomic E-state index is 0.0566. The van der Waals surface area contributed by atoms with Gasteiger partial charge in [0.15, 0.2) is 0 Å². The molecule has 1 saturated carbocycles. The molecule has 2 bridgehead atoms. The average molecular weight is 236 g/mol. The molecule has 0 radical (unpaired) electrons. The van der Waals surface area contributed by atoms with E-state index in [4.69, 9.17) is 0 Å². The summed E-state index contributed by atoms with van der Waals surface area (Å²) in [6.45, 7) is 8.99. The van der Waals surface area contributed by atoms with E-state index in [9.17, 15) is 9.90 Å². The van der Waals surface area contributed by atoms with Gasteiger partial charge >= 0.3 is 0 Å². The van der Waals surface area contributed by atoms with Crippen LogP contribution in [0.5, 0.6) is 0 Å². The molecule has 0 aliphatic heterocycles. The van der Waals surface area contributed by atoms with Crippen molar-refractivity contribution in [2.45, 2.75) is 40.5 Å². The van der Waals surface area contributed by atoms with E-state index in [1.165, 1.54) is 12.0 Å². The van der Waals surface area contributed by atoms with Crippen LogP contribution in [0.3, 0.4) is 0 Å². The molecule has 2 aliphatic rings. The van der Waals surface area contributed by atoms with Crippen LogP contribution in [0.1, 0.15) is 40.5 Å². The van der Waals surface area contributed by atoms with Gasteiger partial charge in [-0.1, -0.05) is 26.3 Å². The molecule has 0 aromatic rings. The summed E-state index contributed by atoms with van der Waals surface area (Å²) in [7, 11) is 0. The maximum absolute atomic E-state index is 11.4. The first-order valence-corrected chi connectivity index (χ1v) is 6.74. The van der Waals surface area contributed by atoms with Gasteiger partial charge in [-0.25, -0.2) is 0 Å². The van der Waals surface area contributed by atoms with Crippen LogP contribution < -0.4 is 0 Å². The Kier molecular flexibility index (Phi) is 3.19. The third-order valence-electron chi connectivity index (χ3n) is 5.54. The molecule has 0 amide bonds. The van der Waals surface area contributed by atoms with E-state index in [1.807, 2.05) is 0 Å². The summed E-state index contributed by atoms with van der Waals surface area (Å²) < 4.78 is 0. The van der Waals surface area contributed by atoms with Crippen molar-refractivity contribution in [2.75, 3.05) is 6.61 Å². The van der Waals surface area contributed by atoms with Crippen molar-refractivity contribution in [2.24, 2.45) is 29.1 Å². The molecule has 96 valence electrons. The topological polar surface area (TPSA) is 37.3 Å².